The Labute approximate surface area is 217 Å². The second-order valence-electron chi connectivity index (χ2n) is 10.8. The maximum absolute atomic E-state index is 4.14. The number of aryl methyl sites for hydroxylation is 1. The molecule has 0 atom stereocenters. The molecule has 190 valence electrons. The van der Waals surface area contributed by atoms with Crippen LogP contribution in [0.4, 0.5) is 5.69 Å². The van der Waals surface area contributed by atoms with Crippen molar-refractivity contribution in [2.45, 2.75) is 65.1 Å². The first-order chi connectivity index (χ1) is 17.3. The fourth-order valence-electron chi connectivity index (χ4n) is 4.88. The average Bonchev–Trinajstić information content (AvgIpc) is 3.23. The van der Waals surface area contributed by atoms with Crippen LogP contribution in [0, 0.1) is 11.8 Å². The summed E-state index contributed by atoms with van der Waals surface area (Å²) in [7, 11) is 2.21. The van der Waals surface area contributed by atoms with E-state index < -0.39 is 0 Å². The van der Waals surface area contributed by atoms with Crippen molar-refractivity contribution in [3.8, 4) is 11.8 Å². The maximum atomic E-state index is 4.14. The third-order valence-corrected chi connectivity index (χ3v) is 7.87. The lowest BCUT2D eigenvalue weighted by atomic mass is 9.79. The zero-order valence-electron chi connectivity index (χ0n) is 22.7. The van der Waals surface area contributed by atoms with Gasteiger partial charge in [0, 0.05) is 41.1 Å². The Bertz CT molecular complexity index is 1250. The second-order valence-corrected chi connectivity index (χ2v) is 10.8. The van der Waals surface area contributed by atoms with Gasteiger partial charge in [-0.1, -0.05) is 50.1 Å². The Hall–Kier alpha value is -3.00. The molecule has 4 heteroatoms. The second kappa shape index (κ2) is 11.4. The van der Waals surface area contributed by atoms with Crippen molar-refractivity contribution in [1.29, 1.82) is 0 Å². The largest absolute Gasteiger partial charge is 0.374 e. The summed E-state index contributed by atoms with van der Waals surface area (Å²) in [6, 6.07) is 18.3. The molecule has 36 heavy (non-hydrogen) atoms. The van der Waals surface area contributed by atoms with Gasteiger partial charge >= 0.3 is 0 Å². The number of piperidine rings is 1. The molecule has 2 heterocycles. The van der Waals surface area contributed by atoms with Gasteiger partial charge in [-0.15, -0.1) is 0 Å². The van der Waals surface area contributed by atoms with Gasteiger partial charge in [-0.25, -0.2) is 0 Å². The monoisotopic (exact) mass is 482 g/mol. The number of rotatable bonds is 8. The van der Waals surface area contributed by atoms with Crippen molar-refractivity contribution in [1.82, 2.24) is 14.8 Å². The van der Waals surface area contributed by atoms with Crippen LogP contribution in [0.3, 0.4) is 0 Å². The molecule has 0 radical (unpaired) electrons. The lowest BCUT2D eigenvalue weighted by Crippen LogP contribution is -2.40. The SMILES string of the molecule is C=C(C)C(C)(C)c1ccc(NCC#Cc2cc3cc(CNC4CCN(C)CC4)ccc3n2CC)cc1. The molecular formula is C32H42N4. The topological polar surface area (TPSA) is 32.2 Å². The molecule has 0 bridgehead atoms. The van der Waals surface area contributed by atoms with E-state index in [0.29, 0.717) is 12.6 Å². The van der Waals surface area contributed by atoms with Crippen LogP contribution in [-0.4, -0.2) is 42.2 Å². The molecular weight excluding hydrogens is 440 g/mol. The number of aromatic nitrogens is 1. The molecule has 0 spiro atoms. The summed E-state index contributed by atoms with van der Waals surface area (Å²) in [5.74, 6) is 6.72. The van der Waals surface area contributed by atoms with Crippen LogP contribution >= 0.6 is 0 Å². The number of nitrogens with one attached hydrogen (secondary N) is 2. The van der Waals surface area contributed by atoms with Crippen molar-refractivity contribution >= 4 is 16.6 Å². The number of benzene rings is 2. The van der Waals surface area contributed by atoms with Crippen LogP contribution in [0.25, 0.3) is 10.9 Å². The Balaban J connectivity index is 1.38. The summed E-state index contributed by atoms with van der Waals surface area (Å²) in [4.78, 5) is 2.41. The maximum Gasteiger partial charge on any atom is 0.0931 e. The summed E-state index contributed by atoms with van der Waals surface area (Å²) in [5, 5.41) is 8.47. The van der Waals surface area contributed by atoms with Crippen LogP contribution in [0.15, 0.2) is 60.7 Å². The Morgan fingerprint density at radius 3 is 2.47 bits per heavy atom. The molecule has 1 saturated heterocycles. The first kappa shape index (κ1) is 26.1. The molecule has 4 rings (SSSR count). The molecule has 1 aliphatic heterocycles. The molecule has 2 N–H and O–H groups in total. The summed E-state index contributed by atoms with van der Waals surface area (Å²) in [6.45, 7) is 17.7. The van der Waals surface area contributed by atoms with E-state index in [0.717, 1.165) is 24.5 Å². The van der Waals surface area contributed by atoms with Crippen molar-refractivity contribution < 1.29 is 0 Å². The first-order valence-corrected chi connectivity index (χ1v) is 13.3. The van der Waals surface area contributed by atoms with Gasteiger partial charge in [0.2, 0.25) is 0 Å². The molecule has 0 saturated carbocycles. The highest BCUT2D eigenvalue weighted by molar-refractivity contribution is 5.83. The molecule has 1 aliphatic rings. The Morgan fingerprint density at radius 2 is 1.81 bits per heavy atom. The molecule has 1 aromatic heterocycles. The van der Waals surface area contributed by atoms with E-state index in [9.17, 15) is 0 Å². The van der Waals surface area contributed by atoms with Crippen molar-refractivity contribution in [2.75, 3.05) is 32.0 Å². The van der Waals surface area contributed by atoms with E-state index in [-0.39, 0.29) is 5.41 Å². The standard InChI is InChI=1S/C32H42N4/c1-7-36-30(9-8-18-33-28-13-11-27(12-14-28)32(4,5)24(2)3)22-26-21-25(10-15-31(26)36)23-34-29-16-19-35(6)20-17-29/h10-15,21-22,29,33-34H,2,7,16-20,23H2,1,3-6H3. The van der Waals surface area contributed by atoms with Gasteiger partial charge in [0.15, 0.2) is 0 Å². The highest BCUT2D eigenvalue weighted by Crippen LogP contribution is 2.30. The van der Waals surface area contributed by atoms with E-state index in [1.54, 1.807) is 0 Å². The number of fused-ring (bicyclic) bond motifs is 1. The number of nitrogens with zero attached hydrogens (tertiary/aromatic N) is 2. The molecule has 0 unspecified atom stereocenters. The van der Waals surface area contributed by atoms with Gasteiger partial charge in [0.1, 0.15) is 0 Å². The van der Waals surface area contributed by atoms with Crippen LogP contribution in [0.1, 0.15) is 57.4 Å². The first-order valence-electron chi connectivity index (χ1n) is 13.3. The van der Waals surface area contributed by atoms with E-state index in [1.165, 1.54) is 53.5 Å². The summed E-state index contributed by atoms with van der Waals surface area (Å²) in [5.41, 5.74) is 7.19. The zero-order valence-corrected chi connectivity index (χ0v) is 22.7. The summed E-state index contributed by atoms with van der Waals surface area (Å²) in [6.07, 6.45) is 2.46. The third kappa shape index (κ3) is 6.03. The van der Waals surface area contributed by atoms with Crippen LogP contribution in [-0.2, 0) is 18.5 Å². The Kier molecular flexibility index (Phi) is 8.24. The molecule has 0 aliphatic carbocycles. The summed E-state index contributed by atoms with van der Waals surface area (Å²) < 4.78 is 2.31. The van der Waals surface area contributed by atoms with Crippen molar-refractivity contribution in [3.63, 3.8) is 0 Å². The molecule has 0 amide bonds. The van der Waals surface area contributed by atoms with Gasteiger partial charge < -0.3 is 20.1 Å². The Morgan fingerprint density at radius 1 is 1.08 bits per heavy atom. The number of anilines is 1. The lowest BCUT2D eigenvalue weighted by Gasteiger charge is -2.29. The van der Waals surface area contributed by atoms with E-state index in [2.05, 4.69) is 122 Å². The van der Waals surface area contributed by atoms with Gasteiger partial charge in [0.05, 0.1) is 12.2 Å². The highest BCUT2D eigenvalue weighted by Gasteiger charge is 2.21. The number of hydrogen-bond donors (Lipinski definition) is 2. The van der Waals surface area contributed by atoms with Crippen LogP contribution in [0.5, 0.6) is 0 Å². The number of allylic oxidation sites excluding steroid dienone is 1. The molecule has 1 fully saturated rings. The van der Waals surface area contributed by atoms with Crippen LogP contribution in [0.2, 0.25) is 0 Å². The summed E-state index contributed by atoms with van der Waals surface area (Å²) >= 11 is 0. The van der Waals surface area contributed by atoms with Gasteiger partial charge in [-0.2, -0.15) is 0 Å². The minimum atomic E-state index is -0.0191. The smallest absolute Gasteiger partial charge is 0.0931 e. The lowest BCUT2D eigenvalue weighted by molar-refractivity contribution is 0.234. The normalized spacial score (nSPS) is 15.0. The number of hydrogen-bond acceptors (Lipinski definition) is 3. The fourth-order valence-corrected chi connectivity index (χ4v) is 4.88. The minimum absolute atomic E-state index is 0.0191. The van der Waals surface area contributed by atoms with Crippen molar-refractivity contribution in [2.24, 2.45) is 0 Å². The predicted molar refractivity (Wildman–Crippen MR) is 155 cm³/mol. The van der Waals surface area contributed by atoms with E-state index in [4.69, 9.17) is 0 Å². The fraction of sp³-hybridized carbons (Fsp3) is 0.438. The highest BCUT2D eigenvalue weighted by atomic mass is 15.1. The van der Waals surface area contributed by atoms with Gasteiger partial charge in [-0.3, -0.25) is 0 Å². The zero-order chi connectivity index (χ0) is 25.7. The van der Waals surface area contributed by atoms with E-state index in [1.807, 2.05) is 0 Å². The quantitative estimate of drug-likeness (QED) is 0.298. The minimum Gasteiger partial charge on any atom is -0.374 e. The molecule has 2 aromatic carbocycles. The van der Waals surface area contributed by atoms with Crippen molar-refractivity contribution in [3.05, 3.63) is 77.5 Å². The van der Waals surface area contributed by atoms with Crippen LogP contribution < -0.4 is 10.6 Å². The molecule has 4 nitrogen and oxygen atoms in total. The van der Waals surface area contributed by atoms with Gasteiger partial charge in [0.25, 0.3) is 0 Å². The number of likely N-dealkylation sites (tertiary alicyclic amines) is 1. The average molecular weight is 483 g/mol. The predicted octanol–water partition coefficient (Wildman–Crippen LogP) is 6.16. The third-order valence-electron chi connectivity index (χ3n) is 7.87. The van der Waals surface area contributed by atoms with Gasteiger partial charge in [-0.05, 0) is 94.2 Å². The van der Waals surface area contributed by atoms with E-state index >= 15 is 0 Å². The molecule has 3 aromatic rings.